The molecule has 1 aromatic carbocycles. The highest BCUT2D eigenvalue weighted by molar-refractivity contribution is 7.22. The third kappa shape index (κ3) is 5.16. The molecule has 2 saturated heterocycles. The van der Waals surface area contributed by atoms with Crippen LogP contribution in [0.4, 0.5) is 4.39 Å². The summed E-state index contributed by atoms with van der Waals surface area (Å²) < 4.78 is 40.3. The predicted molar refractivity (Wildman–Crippen MR) is 152 cm³/mol. The van der Waals surface area contributed by atoms with Crippen molar-refractivity contribution in [2.45, 2.75) is 57.4 Å². The van der Waals surface area contributed by atoms with E-state index in [9.17, 15) is 18.8 Å². The van der Waals surface area contributed by atoms with Crippen LogP contribution in [0.1, 0.15) is 49.0 Å². The lowest BCUT2D eigenvalue weighted by atomic mass is 10.1. The average molecular weight is 599 g/mol. The van der Waals surface area contributed by atoms with Crippen LogP contribution in [0.15, 0.2) is 44.7 Å². The molecule has 13 heteroatoms. The Bertz CT molecular complexity index is 1720. The Morgan fingerprint density at radius 1 is 1.21 bits per heavy atom. The Kier molecular flexibility index (Phi) is 7.97. The highest BCUT2D eigenvalue weighted by Gasteiger charge is 2.32. The second kappa shape index (κ2) is 11.8. The fraction of sp³-hybridized carbons (Fsp3) is 0.448. The van der Waals surface area contributed by atoms with Crippen molar-refractivity contribution >= 4 is 27.5 Å². The fourth-order valence-corrected chi connectivity index (χ4v) is 6.97. The second-order valence-electron chi connectivity index (χ2n) is 10.4. The molecule has 2 aliphatic heterocycles. The van der Waals surface area contributed by atoms with Gasteiger partial charge in [0.1, 0.15) is 34.8 Å². The van der Waals surface area contributed by atoms with Crippen LogP contribution in [0.25, 0.3) is 21.0 Å². The number of methoxy groups -OCH3 is 1. The molecule has 6 rings (SSSR count). The molecule has 42 heavy (non-hydrogen) atoms. The van der Waals surface area contributed by atoms with E-state index >= 15 is 0 Å². The number of thiophene rings is 1. The first kappa shape index (κ1) is 28.3. The number of halogens is 1. The number of benzene rings is 1. The highest BCUT2D eigenvalue weighted by atomic mass is 32.1. The molecule has 0 radical (unpaired) electrons. The SMILES string of the molecule is COc1ccc(F)cc1[C@H](Cn1c(=O)n(C2CCCNC2=O)c(=O)c2c(C)c(-c3ncco3)sc21)OC1CCOCC1. The number of fused-ring (bicyclic) bond motifs is 1. The number of nitrogens with zero attached hydrogens (tertiary/aromatic N) is 3. The summed E-state index contributed by atoms with van der Waals surface area (Å²) in [4.78, 5) is 46.4. The summed E-state index contributed by atoms with van der Waals surface area (Å²) in [6.45, 7) is 3.23. The summed E-state index contributed by atoms with van der Waals surface area (Å²) >= 11 is 1.20. The lowest BCUT2D eigenvalue weighted by Gasteiger charge is -2.30. The molecule has 3 aromatic heterocycles. The first-order chi connectivity index (χ1) is 20.4. The Morgan fingerprint density at radius 2 is 2.02 bits per heavy atom. The van der Waals surface area contributed by atoms with E-state index in [0.29, 0.717) is 83.3 Å². The summed E-state index contributed by atoms with van der Waals surface area (Å²) in [6, 6.07) is 3.20. The fourth-order valence-electron chi connectivity index (χ4n) is 5.72. The zero-order chi connectivity index (χ0) is 29.4. The number of rotatable bonds is 8. The van der Waals surface area contributed by atoms with Crippen LogP contribution in [0.2, 0.25) is 0 Å². The van der Waals surface area contributed by atoms with Crippen LogP contribution >= 0.6 is 11.3 Å². The van der Waals surface area contributed by atoms with E-state index < -0.39 is 29.2 Å². The van der Waals surface area contributed by atoms with Crippen molar-refractivity contribution in [1.82, 2.24) is 19.4 Å². The number of piperidine rings is 1. The minimum atomic E-state index is -0.961. The molecule has 1 amide bonds. The summed E-state index contributed by atoms with van der Waals surface area (Å²) in [5, 5.41) is 3.07. The minimum absolute atomic E-state index is 0.0634. The first-order valence-corrected chi connectivity index (χ1v) is 14.7. The number of hydrogen-bond donors (Lipinski definition) is 1. The first-order valence-electron chi connectivity index (χ1n) is 13.9. The molecule has 0 saturated carbocycles. The molecule has 222 valence electrons. The number of aryl methyl sites for hydroxylation is 1. The lowest BCUT2D eigenvalue weighted by molar-refractivity contribution is -0.126. The molecule has 0 bridgehead atoms. The smallest absolute Gasteiger partial charge is 0.332 e. The number of aromatic nitrogens is 3. The summed E-state index contributed by atoms with van der Waals surface area (Å²) in [6.07, 6.45) is 4.15. The Morgan fingerprint density at radius 3 is 2.74 bits per heavy atom. The number of carbonyl (C=O) groups is 1. The average Bonchev–Trinajstić information content (AvgIpc) is 3.64. The van der Waals surface area contributed by atoms with E-state index in [1.807, 2.05) is 0 Å². The molecule has 11 nitrogen and oxygen atoms in total. The summed E-state index contributed by atoms with van der Waals surface area (Å²) in [5.74, 6) is -0.142. The molecule has 4 aromatic rings. The van der Waals surface area contributed by atoms with Gasteiger partial charge in [0, 0.05) is 25.3 Å². The molecule has 5 heterocycles. The maximum absolute atomic E-state index is 14.6. The monoisotopic (exact) mass is 598 g/mol. The van der Waals surface area contributed by atoms with Gasteiger partial charge in [0.15, 0.2) is 0 Å². The Balaban J connectivity index is 1.57. The molecule has 1 N–H and O–H groups in total. The molecule has 2 atom stereocenters. The van der Waals surface area contributed by atoms with Crippen molar-refractivity contribution in [3.8, 4) is 16.5 Å². The molecule has 0 spiro atoms. The van der Waals surface area contributed by atoms with Crippen molar-refractivity contribution in [3.63, 3.8) is 0 Å². The maximum atomic E-state index is 14.6. The molecular weight excluding hydrogens is 567 g/mol. The van der Waals surface area contributed by atoms with Gasteiger partial charge in [-0.3, -0.25) is 14.2 Å². The Hall–Kier alpha value is -3.81. The van der Waals surface area contributed by atoms with Gasteiger partial charge in [0.25, 0.3) is 5.56 Å². The third-order valence-corrected chi connectivity index (χ3v) is 9.15. The zero-order valence-corrected chi connectivity index (χ0v) is 24.1. The van der Waals surface area contributed by atoms with Crippen LogP contribution < -0.4 is 21.3 Å². The zero-order valence-electron chi connectivity index (χ0n) is 23.3. The van der Waals surface area contributed by atoms with Gasteiger partial charge in [-0.1, -0.05) is 0 Å². The van der Waals surface area contributed by atoms with Crippen molar-refractivity contribution in [1.29, 1.82) is 0 Å². The number of oxazole rings is 1. The molecule has 0 aliphatic carbocycles. The number of ether oxygens (including phenoxy) is 3. The van der Waals surface area contributed by atoms with Crippen LogP contribution in [-0.4, -0.2) is 53.0 Å². The van der Waals surface area contributed by atoms with Crippen molar-refractivity contribution in [2.24, 2.45) is 0 Å². The second-order valence-corrected chi connectivity index (χ2v) is 11.4. The van der Waals surface area contributed by atoms with Gasteiger partial charge < -0.3 is 23.9 Å². The van der Waals surface area contributed by atoms with Gasteiger partial charge in [0.2, 0.25) is 11.8 Å². The van der Waals surface area contributed by atoms with Crippen molar-refractivity contribution in [3.05, 3.63) is 68.4 Å². The number of carbonyl (C=O) groups excluding carboxylic acids is 1. The number of amides is 1. The molecular formula is C29H31FN4O7S. The van der Waals surface area contributed by atoms with E-state index in [0.717, 1.165) is 4.57 Å². The van der Waals surface area contributed by atoms with E-state index in [-0.39, 0.29) is 18.6 Å². The summed E-state index contributed by atoms with van der Waals surface area (Å²) in [5.41, 5.74) is -0.180. The molecule has 2 fully saturated rings. The number of hydrogen-bond acceptors (Lipinski definition) is 9. The highest BCUT2D eigenvalue weighted by Crippen LogP contribution is 2.38. The van der Waals surface area contributed by atoms with Gasteiger partial charge in [-0.25, -0.2) is 18.7 Å². The van der Waals surface area contributed by atoms with Gasteiger partial charge >= 0.3 is 5.69 Å². The quantitative estimate of drug-likeness (QED) is 0.325. The van der Waals surface area contributed by atoms with Gasteiger partial charge in [0.05, 0.1) is 36.2 Å². The molecule has 2 aliphatic rings. The third-order valence-electron chi connectivity index (χ3n) is 7.85. The van der Waals surface area contributed by atoms with Crippen molar-refractivity contribution in [2.75, 3.05) is 26.9 Å². The van der Waals surface area contributed by atoms with E-state index in [1.54, 1.807) is 6.92 Å². The van der Waals surface area contributed by atoms with E-state index in [2.05, 4.69) is 10.3 Å². The standard InChI is InChI=1S/C29H31FN4O7S/c1-16-23-27(36)34(20-4-3-9-31-25(20)35)29(37)33(28(23)42-24(16)26-32-10-13-40-26)15-22(41-18-7-11-39-12-8-18)19-14-17(30)5-6-21(19)38-2/h5-6,10,13-14,18,20,22H,3-4,7-9,11-12,15H2,1-2H3,(H,31,35)/t20?,22-/m0/s1. The van der Waals surface area contributed by atoms with Crippen LogP contribution in [0, 0.1) is 12.7 Å². The largest absolute Gasteiger partial charge is 0.496 e. The van der Waals surface area contributed by atoms with Crippen LogP contribution in [0.3, 0.4) is 0 Å². The lowest BCUT2D eigenvalue weighted by Crippen LogP contribution is -2.49. The van der Waals surface area contributed by atoms with E-state index in [4.69, 9.17) is 18.6 Å². The van der Waals surface area contributed by atoms with Crippen LogP contribution in [0.5, 0.6) is 5.75 Å². The summed E-state index contributed by atoms with van der Waals surface area (Å²) in [7, 11) is 1.49. The topological polar surface area (TPSA) is 127 Å². The molecule has 1 unspecified atom stereocenters. The van der Waals surface area contributed by atoms with Gasteiger partial charge in [-0.15, -0.1) is 11.3 Å². The van der Waals surface area contributed by atoms with Crippen LogP contribution in [-0.2, 0) is 20.8 Å². The Labute approximate surface area is 243 Å². The van der Waals surface area contributed by atoms with E-state index in [1.165, 1.54) is 53.7 Å². The normalized spacial score (nSPS) is 18.7. The predicted octanol–water partition coefficient (Wildman–Crippen LogP) is 3.72. The maximum Gasteiger partial charge on any atom is 0.332 e. The van der Waals surface area contributed by atoms with Gasteiger partial charge in [-0.2, -0.15) is 0 Å². The number of nitrogens with one attached hydrogen (secondary N) is 1. The van der Waals surface area contributed by atoms with Gasteiger partial charge in [-0.05, 0) is 56.4 Å². The van der Waals surface area contributed by atoms with Crippen molar-refractivity contribution < 1.29 is 27.8 Å². The minimum Gasteiger partial charge on any atom is -0.496 e.